The smallest absolute Gasteiger partial charge is 0.191 e. The zero-order valence-corrected chi connectivity index (χ0v) is 12.3. The summed E-state index contributed by atoms with van der Waals surface area (Å²) in [5, 5.41) is 10.8. The highest BCUT2D eigenvalue weighted by Gasteiger charge is 1.97. The van der Waals surface area contributed by atoms with E-state index >= 15 is 0 Å². The molecule has 1 aromatic heterocycles. The molecular weight excluding hydrogens is 246 g/mol. The fraction of sp³-hybridized carbons (Fsp3) is 0.667. The molecule has 2 N–H and O–H groups in total. The Morgan fingerprint density at radius 3 is 2.94 bits per heavy atom. The van der Waals surface area contributed by atoms with Crippen LogP contribution in [0.4, 0.5) is 0 Å². The van der Waals surface area contributed by atoms with E-state index in [4.69, 9.17) is 0 Å². The average Bonchev–Trinajstić information content (AvgIpc) is 2.75. The standard InChI is InChI=1S/C12H23N5S/c1-4-13-12(15-6-8-18-3)14-5-7-17-10-11(2)9-16-17/h9-10H,4-8H2,1-3H3,(H2,13,14,15). The molecule has 102 valence electrons. The Balaban J connectivity index is 2.30. The second kappa shape index (κ2) is 8.85. The molecule has 1 rings (SSSR count). The predicted molar refractivity (Wildman–Crippen MR) is 79.3 cm³/mol. The number of aliphatic imine (C=N–C) groups is 1. The van der Waals surface area contributed by atoms with E-state index in [9.17, 15) is 0 Å². The van der Waals surface area contributed by atoms with E-state index in [0.717, 1.165) is 37.9 Å². The molecule has 6 heteroatoms. The van der Waals surface area contributed by atoms with Crippen molar-refractivity contribution >= 4 is 17.7 Å². The molecule has 0 aliphatic rings. The van der Waals surface area contributed by atoms with Gasteiger partial charge in [-0.05, 0) is 25.7 Å². The number of guanidine groups is 1. The number of rotatable bonds is 7. The molecule has 5 nitrogen and oxygen atoms in total. The molecule has 0 radical (unpaired) electrons. The van der Waals surface area contributed by atoms with Crippen LogP contribution in [0.5, 0.6) is 0 Å². The van der Waals surface area contributed by atoms with Gasteiger partial charge in [0.2, 0.25) is 0 Å². The Labute approximate surface area is 113 Å². The highest BCUT2D eigenvalue weighted by atomic mass is 32.2. The van der Waals surface area contributed by atoms with Crippen molar-refractivity contribution in [1.82, 2.24) is 20.4 Å². The van der Waals surface area contributed by atoms with Crippen molar-refractivity contribution in [3.8, 4) is 0 Å². The summed E-state index contributed by atoms with van der Waals surface area (Å²) in [4.78, 5) is 4.48. The van der Waals surface area contributed by atoms with Gasteiger partial charge in [0.05, 0.1) is 19.3 Å². The van der Waals surface area contributed by atoms with Gasteiger partial charge in [-0.2, -0.15) is 16.9 Å². The summed E-state index contributed by atoms with van der Waals surface area (Å²) in [5.74, 6) is 1.94. The minimum Gasteiger partial charge on any atom is -0.357 e. The van der Waals surface area contributed by atoms with Crippen molar-refractivity contribution < 1.29 is 0 Å². The average molecular weight is 269 g/mol. The maximum atomic E-state index is 4.48. The van der Waals surface area contributed by atoms with Gasteiger partial charge < -0.3 is 10.6 Å². The highest BCUT2D eigenvalue weighted by Crippen LogP contribution is 1.93. The Kier molecular flexibility index (Phi) is 7.32. The van der Waals surface area contributed by atoms with Gasteiger partial charge in [0.25, 0.3) is 0 Å². The van der Waals surface area contributed by atoms with E-state index < -0.39 is 0 Å². The van der Waals surface area contributed by atoms with Crippen LogP contribution in [0, 0.1) is 6.92 Å². The lowest BCUT2D eigenvalue weighted by molar-refractivity contribution is 0.598. The van der Waals surface area contributed by atoms with Gasteiger partial charge >= 0.3 is 0 Å². The normalized spacial score (nSPS) is 11.6. The third-order valence-corrected chi connectivity index (χ3v) is 2.90. The summed E-state index contributed by atoms with van der Waals surface area (Å²) < 4.78 is 1.94. The molecule has 0 fully saturated rings. The number of aryl methyl sites for hydroxylation is 1. The van der Waals surface area contributed by atoms with E-state index in [-0.39, 0.29) is 0 Å². The van der Waals surface area contributed by atoms with Crippen molar-refractivity contribution in [2.45, 2.75) is 20.4 Å². The Bertz CT molecular complexity index is 361. The Morgan fingerprint density at radius 1 is 1.50 bits per heavy atom. The minimum absolute atomic E-state index is 0.826. The Morgan fingerprint density at radius 2 is 2.33 bits per heavy atom. The number of nitrogens with zero attached hydrogens (tertiary/aromatic N) is 3. The fourth-order valence-electron chi connectivity index (χ4n) is 1.47. The van der Waals surface area contributed by atoms with Crippen molar-refractivity contribution in [2.75, 3.05) is 31.6 Å². The SMILES string of the molecule is CCNC(=NCCSC)NCCn1cc(C)cn1. The topological polar surface area (TPSA) is 54.2 Å². The molecule has 0 aromatic carbocycles. The molecule has 0 unspecified atom stereocenters. The molecule has 0 spiro atoms. The van der Waals surface area contributed by atoms with Crippen molar-refractivity contribution in [3.05, 3.63) is 18.0 Å². The number of thioether (sulfide) groups is 1. The van der Waals surface area contributed by atoms with Gasteiger partial charge in [0.1, 0.15) is 0 Å². The van der Waals surface area contributed by atoms with Crippen LogP contribution >= 0.6 is 11.8 Å². The third-order valence-electron chi connectivity index (χ3n) is 2.31. The predicted octanol–water partition coefficient (Wildman–Crippen LogP) is 1.11. The molecule has 18 heavy (non-hydrogen) atoms. The number of aromatic nitrogens is 2. The molecule has 0 aliphatic heterocycles. The molecule has 0 bridgehead atoms. The molecule has 0 saturated carbocycles. The number of hydrogen-bond acceptors (Lipinski definition) is 3. The van der Waals surface area contributed by atoms with E-state index in [2.05, 4.69) is 33.9 Å². The number of nitrogens with one attached hydrogen (secondary N) is 2. The molecule has 0 aliphatic carbocycles. The van der Waals surface area contributed by atoms with Gasteiger partial charge in [0, 0.05) is 25.0 Å². The number of hydrogen-bond donors (Lipinski definition) is 2. The van der Waals surface area contributed by atoms with Crippen LogP contribution in [0.1, 0.15) is 12.5 Å². The molecule has 1 heterocycles. The van der Waals surface area contributed by atoms with Crippen LogP contribution in [0.3, 0.4) is 0 Å². The first-order chi connectivity index (χ1) is 8.76. The van der Waals surface area contributed by atoms with Gasteiger partial charge in [-0.1, -0.05) is 0 Å². The van der Waals surface area contributed by atoms with E-state index in [1.54, 1.807) is 0 Å². The van der Waals surface area contributed by atoms with Crippen LogP contribution in [-0.2, 0) is 6.54 Å². The van der Waals surface area contributed by atoms with Crippen LogP contribution in [-0.4, -0.2) is 47.4 Å². The highest BCUT2D eigenvalue weighted by molar-refractivity contribution is 7.98. The lowest BCUT2D eigenvalue weighted by Crippen LogP contribution is -2.39. The summed E-state index contributed by atoms with van der Waals surface area (Å²) in [7, 11) is 0. The van der Waals surface area contributed by atoms with Gasteiger partial charge in [-0.25, -0.2) is 0 Å². The van der Waals surface area contributed by atoms with E-state index in [0.29, 0.717) is 0 Å². The third kappa shape index (κ3) is 5.95. The van der Waals surface area contributed by atoms with Crippen LogP contribution in [0.15, 0.2) is 17.4 Å². The van der Waals surface area contributed by atoms with Gasteiger partial charge in [-0.15, -0.1) is 0 Å². The van der Waals surface area contributed by atoms with E-state index in [1.807, 2.05) is 35.8 Å². The second-order valence-electron chi connectivity index (χ2n) is 3.96. The van der Waals surface area contributed by atoms with Crippen molar-refractivity contribution in [2.24, 2.45) is 4.99 Å². The van der Waals surface area contributed by atoms with Gasteiger partial charge in [-0.3, -0.25) is 9.67 Å². The zero-order chi connectivity index (χ0) is 13.2. The maximum absolute atomic E-state index is 4.48. The largest absolute Gasteiger partial charge is 0.357 e. The lowest BCUT2D eigenvalue weighted by atomic mass is 10.4. The molecule has 0 amide bonds. The van der Waals surface area contributed by atoms with Crippen molar-refractivity contribution in [1.29, 1.82) is 0 Å². The minimum atomic E-state index is 0.826. The lowest BCUT2D eigenvalue weighted by Gasteiger charge is -2.11. The summed E-state index contributed by atoms with van der Waals surface area (Å²) in [6.07, 6.45) is 6.01. The van der Waals surface area contributed by atoms with Crippen LogP contribution < -0.4 is 10.6 Å². The molecule has 1 aromatic rings. The van der Waals surface area contributed by atoms with Crippen LogP contribution in [0.25, 0.3) is 0 Å². The molecule has 0 saturated heterocycles. The molecular formula is C12H23N5S. The van der Waals surface area contributed by atoms with Gasteiger partial charge in [0.15, 0.2) is 5.96 Å². The summed E-state index contributed by atoms with van der Waals surface area (Å²) in [6.45, 7) is 7.52. The molecule has 0 atom stereocenters. The Hall–Kier alpha value is -1.17. The first-order valence-corrected chi connectivity index (χ1v) is 7.65. The summed E-state index contributed by atoms with van der Waals surface area (Å²) in [5.41, 5.74) is 1.19. The van der Waals surface area contributed by atoms with Crippen molar-refractivity contribution in [3.63, 3.8) is 0 Å². The summed E-state index contributed by atoms with van der Waals surface area (Å²) >= 11 is 1.81. The first-order valence-electron chi connectivity index (χ1n) is 6.26. The second-order valence-corrected chi connectivity index (χ2v) is 4.95. The van der Waals surface area contributed by atoms with Crippen LogP contribution in [0.2, 0.25) is 0 Å². The summed E-state index contributed by atoms with van der Waals surface area (Å²) in [6, 6.07) is 0. The quantitative estimate of drug-likeness (QED) is 0.442. The fourth-order valence-corrected chi connectivity index (χ4v) is 1.74. The monoisotopic (exact) mass is 269 g/mol. The maximum Gasteiger partial charge on any atom is 0.191 e. The van der Waals surface area contributed by atoms with E-state index in [1.165, 1.54) is 5.56 Å². The zero-order valence-electron chi connectivity index (χ0n) is 11.4. The first kappa shape index (κ1) is 14.9.